The van der Waals surface area contributed by atoms with E-state index in [9.17, 15) is 4.79 Å². The highest BCUT2D eigenvalue weighted by atomic mass is 16.1. The van der Waals surface area contributed by atoms with Gasteiger partial charge in [0.25, 0.3) is 5.91 Å². The molecule has 3 nitrogen and oxygen atoms in total. The molecule has 0 aliphatic heterocycles. The molecule has 17 heavy (non-hydrogen) atoms. The molecule has 2 unspecified atom stereocenters. The molecule has 2 atom stereocenters. The predicted octanol–water partition coefficient (Wildman–Crippen LogP) is 2.82. The summed E-state index contributed by atoms with van der Waals surface area (Å²) in [7, 11) is 0. The minimum atomic E-state index is -0.0481. The fourth-order valence-electron chi connectivity index (χ4n) is 1.82. The highest BCUT2D eigenvalue weighted by Gasteiger charge is 2.11. The van der Waals surface area contributed by atoms with Crippen molar-refractivity contribution in [3.63, 3.8) is 0 Å². The van der Waals surface area contributed by atoms with E-state index in [1.807, 2.05) is 6.92 Å². The average Bonchev–Trinajstić information content (AvgIpc) is 2.28. The SMILES string of the molecule is CCC(C)CC(C)NC(=O)c1cccc(N)c1. The van der Waals surface area contributed by atoms with Crippen LogP contribution in [0.5, 0.6) is 0 Å². The maximum atomic E-state index is 11.9. The summed E-state index contributed by atoms with van der Waals surface area (Å²) in [5.74, 6) is 0.583. The van der Waals surface area contributed by atoms with Crippen molar-refractivity contribution < 1.29 is 4.79 Å². The lowest BCUT2D eigenvalue weighted by Gasteiger charge is -2.17. The van der Waals surface area contributed by atoms with Crippen molar-refractivity contribution in [2.45, 2.75) is 39.7 Å². The van der Waals surface area contributed by atoms with Gasteiger partial charge in [-0.25, -0.2) is 0 Å². The maximum Gasteiger partial charge on any atom is 0.251 e. The summed E-state index contributed by atoms with van der Waals surface area (Å²) in [6.45, 7) is 6.40. The molecule has 0 saturated carbocycles. The lowest BCUT2D eigenvalue weighted by molar-refractivity contribution is 0.0935. The van der Waals surface area contributed by atoms with Crippen LogP contribution in [0, 0.1) is 5.92 Å². The first-order chi connectivity index (χ1) is 8.02. The van der Waals surface area contributed by atoms with E-state index >= 15 is 0 Å². The number of nitrogens with one attached hydrogen (secondary N) is 1. The predicted molar refractivity (Wildman–Crippen MR) is 71.9 cm³/mol. The highest BCUT2D eigenvalue weighted by molar-refractivity contribution is 5.95. The van der Waals surface area contributed by atoms with Crippen molar-refractivity contribution in [3.05, 3.63) is 29.8 Å². The van der Waals surface area contributed by atoms with Crippen molar-refractivity contribution >= 4 is 11.6 Å². The van der Waals surface area contributed by atoms with Crippen molar-refractivity contribution in [3.8, 4) is 0 Å². The molecule has 3 heteroatoms. The van der Waals surface area contributed by atoms with Gasteiger partial charge in [-0.15, -0.1) is 0 Å². The zero-order chi connectivity index (χ0) is 12.8. The molecule has 0 fully saturated rings. The molecule has 0 heterocycles. The third-order valence-corrected chi connectivity index (χ3v) is 2.98. The number of hydrogen-bond donors (Lipinski definition) is 2. The van der Waals surface area contributed by atoms with Gasteiger partial charge in [0.2, 0.25) is 0 Å². The largest absolute Gasteiger partial charge is 0.399 e. The Morgan fingerprint density at radius 3 is 2.71 bits per heavy atom. The molecule has 0 aromatic heterocycles. The number of anilines is 1. The lowest BCUT2D eigenvalue weighted by atomic mass is 10.00. The fraction of sp³-hybridized carbons (Fsp3) is 0.500. The van der Waals surface area contributed by atoms with Crippen LogP contribution in [-0.4, -0.2) is 11.9 Å². The van der Waals surface area contributed by atoms with Crippen LogP contribution in [0.1, 0.15) is 44.0 Å². The van der Waals surface area contributed by atoms with Gasteiger partial charge >= 0.3 is 0 Å². The molecule has 1 rings (SSSR count). The summed E-state index contributed by atoms with van der Waals surface area (Å²) in [5.41, 5.74) is 6.89. The summed E-state index contributed by atoms with van der Waals surface area (Å²) in [4.78, 5) is 11.9. The second-order valence-corrected chi connectivity index (χ2v) is 4.75. The molecule has 0 bridgehead atoms. The Balaban J connectivity index is 2.54. The molecule has 1 aromatic rings. The molecular weight excluding hydrogens is 212 g/mol. The smallest absolute Gasteiger partial charge is 0.251 e. The van der Waals surface area contributed by atoms with E-state index in [4.69, 9.17) is 5.73 Å². The zero-order valence-corrected chi connectivity index (χ0v) is 10.9. The molecule has 0 spiro atoms. The molecule has 0 aliphatic carbocycles. The molecule has 0 aliphatic rings. The molecule has 0 saturated heterocycles. The Morgan fingerprint density at radius 1 is 1.41 bits per heavy atom. The quantitative estimate of drug-likeness (QED) is 0.770. The number of rotatable bonds is 5. The Hall–Kier alpha value is -1.51. The van der Waals surface area contributed by atoms with Gasteiger partial charge in [-0.2, -0.15) is 0 Å². The van der Waals surface area contributed by atoms with Crippen LogP contribution < -0.4 is 11.1 Å². The van der Waals surface area contributed by atoms with Crippen LogP contribution in [0.3, 0.4) is 0 Å². The van der Waals surface area contributed by atoms with Gasteiger partial charge in [0.15, 0.2) is 0 Å². The third-order valence-electron chi connectivity index (χ3n) is 2.98. The van der Waals surface area contributed by atoms with E-state index in [1.165, 1.54) is 0 Å². The van der Waals surface area contributed by atoms with Gasteiger partial charge in [0, 0.05) is 17.3 Å². The van der Waals surface area contributed by atoms with E-state index in [0.29, 0.717) is 17.2 Å². The second kappa shape index (κ2) is 6.28. The molecule has 94 valence electrons. The number of carbonyl (C=O) groups excluding carboxylic acids is 1. The third kappa shape index (κ3) is 4.47. The zero-order valence-electron chi connectivity index (χ0n) is 10.9. The molecular formula is C14H22N2O. The van der Waals surface area contributed by atoms with Crippen molar-refractivity contribution in [1.82, 2.24) is 5.32 Å². The Labute approximate surface area is 103 Å². The monoisotopic (exact) mass is 234 g/mol. The number of amides is 1. The topological polar surface area (TPSA) is 55.1 Å². The van der Waals surface area contributed by atoms with Crippen LogP contribution in [-0.2, 0) is 0 Å². The van der Waals surface area contributed by atoms with E-state index in [1.54, 1.807) is 24.3 Å². The second-order valence-electron chi connectivity index (χ2n) is 4.75. The Kier molecular flexibility index (Phi) is 5.01. The van der Waals surface area contributed by atoms with E-state index < -0.39 is 0 Å². The first-order valence-electron chi connectivity index (χ1n) is 6.19. The van der Waals surface area contributed by atoms with Gasteiger partial charge in [-0.3, -0.25) is 4.79 Å². The van der Waals surface area contributed by atoms with Crippen LogP contribution in [0.2, 0.25) is 0 Å². The van der Waals surface area contributed by atoms with Gasteiger partial charge < -0.3 is 11.1 Å². The maximum absolute atomic E-state index is 11.9. The number of hydrogen-bond acceptors (Lipinski definition) is 2. The first-order valence-corrected chi connectivity index (χ1v) is 6.19. The Morgan fingerprint density at radius 2 is 2.12 bits per heavy atom. The van der Waals surface area contributed by atoms with Crippen LogP contribution in [0.15, 0.2) is 24.3 Å². The highest BCUT2D eigenvalue weighted by Crippen LogP contribution is 2.11. The number of nitrogen functional groups attached to an aromatic ring is 1. The number of benzene rings is 1. The van der Waals surface area contributed by atoms with Gasteiger partial charge in [0.05, 0.1) is 0 Å². The summed E-state index contributed by atoms with van der Waals surface area (Å²) >= 11 is 0. The van der Waals surface area contributed by atoms with Crippen LogP contribution >= 0.6 is 0 Å². The normalized spacial score (nSPS) is 14.1. The van der Waals surface area contributed by atoms with Crippen molar-refractivity contribution in [2.24, 2.45) is 5.92 Å². The molecule has 0 radical (unpaired) electrons. The summed E-state index contributed by atoms with van der Waals surface area (Å²) in [5, 5.41) is 2.99. The van der Waals surface area contributed by atoms with E-state index in [2.05, 4.69) is 19.2 Å². The van der Waals surface area contributed by atoms with Crippen molar-refractivity contribution in [2.75, 3.05) is 5.73 Å². The standard InChI is InChI=1S/C14H22N2O/c1-4-10(2)8-11(3)16-14(17)12-6-5-7-13(15)9-12/h5-7,9-11H,4,8,15H2,1-3H3,(H,16,17). The average molecular weight is 234 g/mol. The lowest BCUT2D eigenvalue weighted by Crippen LogP contribution is -2.33. The summed E-state index contributed by atoms with van der Waals surface area (Å²) in [6, 6.07) is 7.24. The van der Waals surface area contributed by atoms with Gasteiger partial charge in [0.1, 0.15) is 0 Å². The van der Waals surface area contributed by atoms with Crippen molar-refractivity contribution in [1.29, 1.82) is 0 Å². The summed E-state index contributed by atoms with van der Waals surface area (Å²) < 4.78 is 0. The van der Waals surface area contributed by atoms with Gasteiger partial charge in [-0.1, -0.05) is 26.3 Å². The molecule has 1 aromatic carbocycles. The van der Waals surface area contributed by atoms with Crippen LogP contribution in [0.25, 0.3) is 0 Å². The molecule has 1 amide bonds. The minimum absolute atomic E-state index is 0.0481. The van der Waals surface area contributed by atoms with E-state index in [0.717, 1.165) is 12.8 Å². The van der Waals surface area contributed by atoms with Gasteiger partial charge in [-0.05, 0) is 37.5 Å². The number of nitrogens with two attached hydrogens (primary N) is 1. The van der Waals surface area contributed by atoms with E-state index in [-0.39, 0.29) is 11.9 Å². The fourth-order valence-corrected chi connectivity index (χ4v) is 1.82. The minimum Gasteiger partial charge on any atom is -0.399 e. The summed E-state index contributed by atoms with van der Waals surface area (Å²) in [6.07, 6.45) is 2.14. The Bertz CT molecular complexity index is 376. The molecule has 3 N–H and O–H groups in total. The number of carbonyl (C=O) groups is 1. The first kappa shape index (κ1) is 13.6. The van der Waals surface area contributed by atoms with Crippen LogP contribution in [0.4, 0.5) is 5.69 Å².